The molecule has 0 saturated heterocycles. The highest BCUT2D eigenvalue weighted by atomic mass is 35.5. The second kappa shape index (κ2) is 11.4. The number of halogens is 1. The lowest BCUT2D eigenvalue weighted by Gasteiger charge is -2.64. The Morgan fingerprint density at radius 3 is 2.50 bits per heavy atom. The number of hydrogen-bond donors (Lipinski definition) is 1. The van der Waals surface area contributed by atoms with Crippen LogP contribution in [0.2, 0.25) is 0 Å². The Morgan fingerprint density at radius 2 is 1.81 bits per heavy atom. The topological polar surface area (TPSA) is 116 Å². The number of fused-ring (bicyclic) bond motifs is 5. The summed E-state index contributed by atoms with van der Waals surface area (Å²) in [6.45, 7) is 6.96. The predicted molar refractivity (Wildman–Crippen MR) is 156 cm³/mol. The molecule has 0 aromatic heterocycles. The zero-order valence-corrected chi connectivity index (χ0v) is 26.0. The number of hydrogen-bond acceptors (Lipinski definition) is 8. The SMILES string of the molecule is CCOC(=O)O[C@]1(C(=O)COC(=O)CCC2CCCC2)[C@H](C)C[C@H]2[C@@H]3CCC4=CC(=O)C=C[C@]4(C)[C@@]3(Cl)C(O)C[C@@]21C. The van der Waals surface area contributed by atoms with Crippen molar-refractivity contribution in [2.75, 3.05) is 13.2 Å². The number of rotatable bonds is 8. The fourth-order valence-corrected chi connectivity index (χ4v) is 10.1. The smallest absolute Gasteiger partial charge is 0.457 e. The van der Waals surface area contributed by atoms with Crippen LogP contribution in [0, 0.1) is 34.5 Å². The first kappa shape index (κ1) is 31.2. The lowest BCUT2D eigenvalue weighted by molar-refractivity contribution is -0.187. The highest BCUT2D eigenvalue weighted by Crippen LogP contribution is 2.72. The summed E-state index contributed by atoms with van der Waals surface area (Å²) >= 11 is 7.55. The highest BCUT2D eigenvalue weighted by molar-refractivity contribution is 6.26. The Kier molecular flexibility index (Phi) is 8.47. The Balaban J connectivity index is 1.45. The van der Waals surface area contributed by atoms with Crippen molar-refractivity contribution in [2.45, 2.75) is 108 Å². The minimum atomic E-state index is -1.68. The van der Waals surface area contributed by atoms with Gasteiger partial charge in [-0.15, -0.1) is 11.6 Å². The minimum absolute atomic E-state index is 0.0718. The molecule has 4 saturated carbocycles. The summed E-state index contributed by atoms with van der Waals surface area (Å²) in [5, 5.41) is 11.9. The van der Waals surface area contributed by atoms with Gasteiger partial charge in [-0.3, -0.25) is 14.4 Å². The number of allylic oxidation sites excluding steroid dienone is 4. The number of ketones is 2. The molecular formula is C33H45ClO8. The molecule has 0 amide bonds. The molecule has 0 aromatic carbocycles. The molecule has 0 aromatic rings. The molecule has 5 aliphatic rings. The maximum absolute atomic E-state index is 14.2. The Morgan fingerprint density at radius 1 is 1.10 bits per heavy atom. The zero-order chi connectivity index (χ0) is 30.5. The summed E-state index contributed by atoms with van der Waals surface area (Å²) in [6.07, 6.45) is 10.4. The van der Waals surface area contributed by atoms with Crippen LogP contribution in [0.25, 0.3) is 0 Å². The molecule has 9 heteroatoms. The molecule has 8 nitrogen and oxygen atoms in total. The summed E-state index contributed by atoms with van der Waals surface area (Å²) in [6, 6.07) is 0. The van der Waals surface area contributed by atoms with Crippen molar-refractivity contribution >= 4 is 35.3 Å². The Bertz CT molecular complexity index is 1190. The van der Waals surface area contributed by atoms with Gasteiger partial charge in [0.05, 0.1) is 17.6 Å². The van der Waals surface area contributed by atoms with Gasteiger partial charge in [0.15, 0.2) is 18.0 Å². The molecule has 8 atom stereocenters. The quantitative estimate of drug-likeness (QED) is 0.270. The van der Waals surface area contributed by atoms with Gasteiger partial charge in [-0.1, -0.05) is 58.1 Å². The maximum Gasteiger partial charge on any atom is 0.509 e. The first-order chi connectivity index (χ1) is 19.8. The third kappa shape index (κ3) is 4.66. The van der Waals surface area contributed by atoms with E-state index in [0.717, 1.165) is 24.8 Å². The van der Waals surface area contributed by atoms with Gasteiger partial charge in [0.2, 0.25) is 5.78 Å². The second-order valence-electron chi connectivity index (χ2n) is 13.7. The number of aliphatic hydroxyl groups excluding tert-OH is 1. The van der Waals surface area contributed by atoms with E-state index < -0.39 is 57.8 Å². The molecule has 232 valence electrons. The molecule has 5 rings (SSSR count). The number of Topliss-reactive ketones (excluding diaryl/α,β-unsaturated/α-hetero) is 1. The normalized spacial score (nSPS) is 40.9. The monoisotopic (exact) mass is 604 g/mol. The van der Waals surface area contributed by atoms with Gasteiger partial charge in [0, 0.05) is 23.2 Å². The van der Waals surface area contributed by atoms with E-state index in [1.807, 2.05) is 26.8 Å². The fourth-order valence-electron chi connectivity index (χ4n) is 9.62. The van der Waals surface area contributed by atoms with Crippen LogP contribution >= 0.6 is 11.6 Å². The molecule has 4 fully saturated rings. The number of carbonyl (C=O) groups is 4. The summed E-state index contributed by atoms with van der Waals surface area (Å²) in [5.41, 5.74) is -2.52. The molecule has 0 aliphatic heterocycles. The third-order valence-electron chi connectivity index (χ3n) is 11.7. The summed E-state index contributed by atoms with van der Waals surface area (Å²) in [5.74, 6) is -1.36. The van der Waals surface area contributed by atoms with E-state index in [0.29, 0.717) is 25.2 Å². The number of esters is 1. The van der Waals surface area contributed by atoms with Crippen molar-refractivity contribution in [3.8, 4) is 0 Å². The van der Waals surface area contributed by atoms with Crippen molar-refractivity contribution in [3.63, 3.8) is 0 Å². The van der Waals surface area contributed by atoms with Crippen molar-refractivity contribution in [1.82, 2.24) is 0 Å². The minimum Gasteiger partial charge on any atom is -0.457 e. The van der Waals surface area contributed by atoms with Gasteiger partial charge < -0.3 is 19.3 Å². The van der Waals surface area contributed by atoms with E-state index in [-0.39, 0.29) is 37.1 Å². The molecule has 42 heavy (non-hydrogen) atoms. The fraction of sp³-hybridized carbons (Fsp3) is 0.758. The first-order valence-corrected chi connectivity index (χ1v) is 16.1. The van der Waals surface area contributed by atoms with Crippen molar-refractivity contribution < 1.29 is 38.5 Å². The van der Waals surface area contributed by atoms with Crippen LogP contribution in [0.15, 0.2) is 23.8 Å². The van der Waals surface area contributed by atoms with Crippen LogP contribution in [-0.4, -0.2) is 58.6 Å². The third-order valence-corrected chi connectivity index (χ3v) is 12.6. The van der Waals surface area contributed by atoms with Crippen molar-refractivity contribution in [2.24, 2.45) is 34.5 Å². The number of aliphatic hydroxyl groups is 1. The average Bonchev–Trinajstić information content (AvgIpc) is 3.53. The summed E-state index contributed by atoms with van der Waals surface area (Å²) in [4.78, 5) is 50.9. The van der Waals surface area contributed by atoms with Crippen LogP contribution in [-0.2, 0) is 28.6 Å². The van der Waals surface area contributed by atoms with E-state index in [4.69, 9.17) is 25.8 Å². The van der Waals surface area contributed by atoms with Gasteiger partial charge in [-0.2, -0.15) is 0 Å². The van der Waals surface area contributed by atoms with Crippen LogP contribution in [0.5, 0.6) is 0 Å². The van der Waals surface area contributed by atoms with Gasteiger partial charge in [0.1, 0.15) is 0 Å². The van der Waals surface area contributed by atoms with Gasteiger partial charge in [-0.25, -0.2) is 4.79 Å². The van der Waals surface area contributed by atoms with Gasteiger partial charge in [0.25, 0.3) is 0 Å². The largest absolute Gasteiger partial charge is 0.509 e. The Hall–Kier alpha value is -2.19. The van der Waals surface area contributed by atoms with E-state index >= 15 is 0 Å². The van der Waals surface area contributed by atoms with E-state index in [1.165, 1.54) is 18.9 Å². The average molecular weight is 605 g/mol. The first-order valence-electron chi connectivity index (χ1n) is 15.7. The second-order valence-corrected chi connectivity index (χ2v) is 14.3. The zero-order valence-electron chi connectivity index (χ0n) is 25.3. The lowest BCUT2D eigenvalue weighted by Crippen LogP contribution is -2.69. The van der Waals surface area contributed by atoms with Crippen LogP contribution < -0.4 is 0 Å². The number of carbonyl (C=O) groups excluding carboxylic acids is 4. The van der Waals surface area contributed by atoms with E-state index in [2.05, 4.69) is 0 Å². The maximum atomic E-state index is 14.2. The van der Waals surface area contributed by atoms with Crippen LogP contribution in [0.4, 0.5) is 4.79 Å². The van der Waals surface area contributed by atoms with E-state index in [9.17, 15) is 24.3 Å². The molecule has 0 spiro atoms. The highest BCUT2D eigenvalue weighted by Gasteiger charge is 2.76. The van der Waals surface area contributed by atoms with E-state index in [1.54, 1.807) is 13.0 Å². The van der Waals surface area contributed by atoms with Crippen molar-refractivity contribution in [3.05, 3.63) is 23.8 Å². The molecule has 0 heterocycles. The molecule has 0 bridgehead atoms. The molecule has 0 radical (unpaired) electrons. The summed E-state index contributed by atoms with van der Waals surface area (Å²) in [7, 11) is 0. The van der Waals surface area contributed by atoms with Crippen LogP contribution in [0.1, 0.15) is 91.9 Å². The van der Waals surface area contributed by atoms with Crippen LogP contribution in [0.3, 0.4) is 0 Å². The number of alkyl halides is 1. The molecular weight excluding hydrogens is 560 g/mol. The molecule has 1 N–H and O–H groups in total. The van der Waals surface area contributed by atoms with Crippen molar-refractivity contribution in [1.29, 1.82) is 0 Å². The summed E-state index contributed by atoms with van der Waals surface area (Å²) < 4.78 is 16.7. The lowest BCUT2D eigenvalue weighted by atomic mass is 9.45. The van der Waals surface area contributed by atoms with Gasteiger partial charge in [-0.05, 0) is 68.9 Å². The predicted octanol–water partition coefficient (Wildman–Crippen LogP) is 5.87. The molecule has 1 unspecified atom stereocenters. The van der Waals surface area contributed by atoms with Gasteiger partial charge >= 0.3 is 12.1 Å². The molecule has 5 aliphatic carbocycles. The standard InChI is InChI=1S/C33H45ClO8/c1-5-40-29(39)42-33(27(37)19-41-28(38)13-10-21-8-6-7-9-21)20(2)16-25-24-12-11-22-17-23(35)14-15-30(22,3)32(24,34)26(36)18-31(25,33)4/h14-15,17,20-21,24-26,36H,5-13,16,18-19H2,1-4H3/t20-,24+,25+,26?,30+,31+,32+,33+/m1/s1. The Labute approximate surface area is 253 Å². The number of ether oxygens (including phenoxy) is 3.